The average molecular weight is 475 g/mol. The number of esters is 1. The molecule has 1 aromatic carbocycles. The molecule has 0 amide bonds. The largest absolute Gasteiger partial charge is 0.461 e. The van der Waals surface area contributed by atoms with Gasteiger partial charge in [0.15, 0.2) is 0 Å². The van der Waals surface area contributed by atoms with Gasteiger partial charge in [-0.25, -0.2) is 0 Å². The molecular weight excluding hydrogens is 455 g/mol. The molecule has 0 spiro atoms. The van der Waals surface area contributed by atoms with Gasteiger partial charge in [0.1, 0.15) is 6.10 Å². The Morgan fingerprint density at radius 1 is 1.36 bits per heavy atom. The Bertz CT molecular complexity index is 571. The zero-order chi connectivity index (χ0) is 15.7. The molecule has 4 atom stereocenters. The molecule has 0 bridgehead atoms. The summed E-state index contributed by atoms with van der Waals surface area (Å²) in [5.41, 5.74) is 1.32. The molecule has 0 N–H and O–H groups in total. The Balaban J connectivity index is 2.12. The maximum atomic E-state index is 12.0. The van der Waals surface area contributed by atoms with Crippen LogP contribution in [0.4, 0.5) is 0 Å². The third kappa shape index (κ3) is 2.66. The van der Waals surface area contributed by atoms with Crippen LogP contribution in [0.15, 0.2) is 41.4 Å². The van der Waals surface area contributed by atoms with E-state index < -0.39 is 0 Å². The molecule has 1 aromatic rings. The summed E-state index contributed by atoms with van der Waals surface area (Å²) in [5.74, 6) is 0.758. The van der Waals surface area contributed by atoms with Crippen molar-refractivity contribution < 1.29 is 9.53 Å². The summed E-state index contributed by atoms with van der Waals surface area (Å²) in [6.07, 6.45) is 5.72. The fourth-order valence-electron chi connectivity index (χ4n) is 4.46. The van der Waals surface area contributed by atoms with Crippen molar-refractivity contribution in [1.82, 2.24) is 0 Å². The number of halogens is 2. The van der Waals surface area contributed by atoms with Crippen LogP contribution in [0.25, 0.3) is 0 Å². The topological polar surface area (TPSA) is 26.3 Å². The van der Waals surface area contributed by atoms with E-state index in [1.807, 2.05) is 0 Å². The summed E-state index contributed by atoms with van der Waals surface area (Å²) in [7, 11) is 0. The van der Waals surface area contributed by atoms with E-state index in [1.54, 1.807) is 0 Å². The van der Waals surface area contributed by atoms with E-state index in [0.29, 0.717) is 18.3 Å². The minimum atomic E-state index is -0.0460. The van der Waals surface area contributed by atoms with Crippen LogP contribution in [0.2, 0.25) is 0 Å². The molecule has 1 heterocycles. The summed E-state index contributed by atoms with van der Waals surface area (Å²) in [5, 5.41) is 0. The summed E-state index contributed by atoms with van der Waals surface area (Å²) in [6, 6.07) is 8.62. The van der Waals surface area contributed by atoms with Crippen LogP contribution in [0.5, 0.6) is 0 Å². The molecule has 2 fully saturated rings. The number of ether oxygens (including phenoxy) is 1. The van der Waals surface area contributed by atoms with Crippen LogP contribution in [-0.2, 0) is 14.9 Å². The molecule has 1 aliphatic heterocycles. The summed E-state index contributed by atoms with van der Waals surface area (Å²) in [6.45, 7) is 4.09. The number of allylic oxidation sites excluding steroid dienone is 1. The molecule has 2 aliphatic rings. The van der Waals surface area contributed by atoms with Crippen LogP contribution in [-0.4, -0.2) is 16.5 Å². The van der Waals surface area contributed by atoms with Gasteiger partial charge in [-0.1, -0.05) is 56.7 Å². The van der Waals surface area contributed by atoms with Gasteiger partial charge < -0.3 is 4.74 Å². The molecule has 22 heavy (non-hydrogen) atoms. The van der Waals surface area contributed by atoms with Crippen LogP contribution in [0.1, 0.15) is 31.2 Å². The fourth-order valence-corrected chi connectivity index (χ4v) is 5.51. The van der Waals surface area contributed by atoms with Crippen LogP contribution >= 0.6 is 38.5 Å². The van der Waals surface area contributed by atoms with E-state index >= 15 is 0 Å². The Morgan fingerprint density at radius 3 is 2.73 bits per heavy atom. The molecule has 0 radical (unpaired) electrons. The molecule has 3 rings (SSSR count). The Morgan fingerprint density at radius 2 is 2.09 bits per heavy atom. The first-order valence-electron chi connectivity index (χ1n) is 7.76. The molecular formula is C18H20BrIO2. The van der Waals surface area contributed by atoms with E-state index in [0.717, 1.165) is 28.2 Å². The van der Waals surface area contributed by atoms with Crippen molar-refractivity contribution >= 4 is 44.5 Å². The predicted molar refractivity (Wildman–Crippen MR) is 100 cm³/mol. The maximum absolute atomic E-state index is 12.0. The third-order valence-electron chi connectivity index (χ3n) is 5.40. The van der Waals surface area contributed by atoms with E-state index in [4.69, 9.17) is 4.74 Å². The number of benzene rings is 1. The van der Waals surface area contributed by atoms with E-state index in [-0.39, 0.29) is 17.5 Å². The number of carbonyl (C=O) groups excluding carboxylic acids is 1. The maximum Gasteiger partial charge on any atom is 0.306 e. The number of cyclic esters (lactones) is 1. The van der Waals surface area contributed by atoms with E-state index in [9.17, 15) is 4.79 Å². The lowest BCUT2D eigenvalue weighted by Crippen LogP contribution is -2.41. The molecule has 1 aliphatic carbocycles. The monoisotopic (exact) mass is 474 g/mol. The molecule has 118 valence electrons. The lowest BCUT2D eigenvalue weighted by Gasteiger charge is -2.40. The van der Waals surface area contributed by atoms with Gasteiger partial charge in [0.05, 0.1) is 0 Å². The van der Waals surface area contributed by atoms with Crippen molar-refractivity contribution in [2.75, 3.05) is 4.43 Å². The van der Waals surface area contributed by atoms with Gasteiger partial charge >= 0.3 is 5.97 Å². The Kier molecular flexibility index (Phi) is 4.98. The van der Waals surface area contributed by atoms with Crippen molar-refractivity contribution in [2.24, 2.45) is 11.8 Å². The Labute approximate surface area is 154 Å². The highest BCUT2D eigenvalue weighted by Crippen LogP contribution is 2.56. The van der Waals surface area contributed by atoms with Crippen molar-refractivity contribution in [3.8, 4) is 0 Å². The summed E-state index contributed by atoms with van der Waals surface area (Å²) >= 11 is 5.87. The minimum absolute atomic E-state index is 0.00948. The van der Waals surface area contributed by atoms with Gasteiger partial charge in [0.2, 0.25) is 0 Å². The number of hydrogen-bond donors (Lipinski definition) is 0. The fraction of sp³-hybridized carbons (Fsp3) is 0.500. The number of alkyl halides is 1. The molecule has 1 saturated carbocycles. The summed E-state index contributed by atoms with van der Waals surface area (Å²) in [4.78, 5) is 12.0. The second kappa shape index (κ2) is 6.63. The first-order chi connectivity index (χ1) is 10.6. The second-order valence-electron chi connectivity index (χ2n) is 6.26. The smallest absolute Gasteiger partial charge is 0.306 e. The number of carbonyl (C=O) groups is 1. The summed E-state index contributed by atoms with van der Waals surface area (Å²) < 4.78 is 7.69. The molecule has 0 unspecified atom stereocenters. The number of hydrogen-bond acceptors (Lipinski definition) is 2. The normalized spacial score (nSPS) is 34.6. The first-order valence-corrected chi connectivity index (χ1v) is 10.1. The van der Waals surface area contributed by atoms with E-state index in [2.05, 4.69) is 75.4 Å². The van der Waals surface area contributed by atoms with Crippen LogP contribution < -0.4 is 0 Å². The second-order valence-corrected chi connectivity index (χ2v) is 8.05. The quantitative estimate of drug-likeness (QED) is 0.265. The number of rotatable bonds is 3. The van der Waals surface area contributed by atoms with Crippen molar-refractivity contribution in [2.45, 2.75) is 37.2 Å². The molecule has 0 aromatic heterocycles. The molecule has 4 heteroatoms. The Hall–Kier alpha value is -0.360. The molecule has 1 saturated heterocycles. The van der Waals surface area contributed by atoms with Gasteiger partial charge in [-0.05, 0) is 42.9 Å². The van der Waals surface area contributed by atoms with Gasteiger partial charge in [-0.2, -0.15) is 0 Å². The van der Waals surface area contributed by atoms with Gasteiger partial charge in [-0.3, -0.25) is 4.79 Å². The standard InChI is InChI=1S/C18H20BrIO2/c1-2-12-5-8-15-16(11-20)22-17(21)9-10-18(12,15)13-3-6-14(19)7-4-13/h2-4,6-7,12,15-16H,1,5,8-11H2/t12-,15+,16-,18+/m1/s1. The first kappa shape index (κ1) is 16.5. The van der Waals surface area contributed by atoms with Crippen molar-refractivity contribution in [3.05, 3.63) is 47.0 Å². The SMILES string of the molecule is C=C[C@@H]1CC[C@H]2[C@@H](CI)OC(=O)CC[C@@]12c1ccc(Br)cc1. The number of fused-ring (bicyclic) bond motifs is 1. The lowest BCUT2D eigenvalue weighted by molar-refractivity contribution is -0.148. The highest BCUT2D eigenvalue weighted by atomic mass is 127. The predicted octanol–water partition coefficient (Wildman–Crippen LogP) is 5.04. The highest BCUT2D eigenvalue weighted by molar-refractivity contribution is 14.1. The lowest BCUT2D eigenvalue weighted by atomic mass is 9.63. The van der Waals surface area contributed by atoms with Gasteiger partial charge in [-0.15, -0.1) is 6.58 Å². The highest BCUT2D eigenvalue weighted by Gasteiger charge is 2.54. The van der Waals surface area contributed by atoms with Crippen LogP contribution in [0, 0.1) is 11.8 Å². The zero-order valence-corrected chi connectivity index (χ0v) is 16.2. The zero-order valence-electron chi connectivity index (χ0n) is 12.4. The molecule has 2 nitrogen and oxygen atoms in total. The average Bonchev–Trinajstić information content (AvgIpc) is 2.83. The minimum Gasteiger partial charge on any atom is -0.461 e. The van der Waals surface area contributed by atoms with Crippen molar-refractivity contribution in [3.63, 3.8) is 0 Å². The van der Waals surface area contributed by atoms with E-state index in [1.165, 1.54) is 5.56 Å². The van der Waals surface area contributed by atoms with Gasteiger partial charge in [0, 0.05) is 26.7 Å². The van der Waals surface area contributed by atoms with Gasteiger partial charge in [0.25, 0.3) is 0 Å². The van der Waals surface area contributed by atoms with Crippen molar-refractivity contribution in [1.29, 1.82) is 0 Å². The van der Waals surface area contributed by atoms with Crippen LogP contribution in [0.3, 0.4) is 0 Å². The third-order valence-corrected chi connectivity index (χ3v) is 6.80.